The van der Waals surface area contributed by atoms with Crippen molar-refractivity contribution in [2.75, 3.05) is 6.54 Å². The predicted octanol–water partition coefficient (Wildman–Crippen LogP) is 5.35. The van der Waals surface area contributed by atoms with Crippen LogP contribution in [0.4, 0.5) is 0 Å². The zero-order valence-corrected chi connectivity index (χ0v) is 23.0. The van der Waals surface area contributed by atoms with Crippen LogP contribution in [0.25, 0.3) is 16.9 Å². The van der Waals surface area contributed by atoms with Crippen LogP contribution in [-0.2, 0) is 6.54 Å². The molecule has 0 saturated carbocycles. The smallest absolute Gasteiger partial charge is 0.272 e. The highest BCUT2D eigenvalue weighted by Gasteiger charge is 2.28. The molecule has 0 aliphatic carbocycles. The van der Waals surface area contributed by atoms with E-state index in [1.54, 1.807) is 35.4 Å². The number of rotatable bonds is 5. The summed E-state index contributed by atoms with van der Waals surface area (Å²) in [7, 11) is 0. The van der Waals surface area contributed by atoms with Gasteiger partial charge in [0.15, 0.2) is 5.69 Å². The number of aromatic nitrogens is 4. The van der Waals surface area contributed by atoms with E-state index in [0.717, 1.165) is 22.4 Å². The summed E-state index contributed by atoms with van der Waals surface area (Å²) in [4.78, 5) is 17.6. The minimum absolute atomic E-state index is 0. The maximum Gasteiger partial charge on any atom is 0.272 e. The maximum absolute atomic E-state index is 13.5. The molecule has 0 fully saturated rings. The summed E-state index contributed by atoms with van der Waals surface area (Å²) in [5.41, 5.74) is 8.98. The molecule has 3 N–H and O–H groups in total. The monoisotopic (exact) mass is 556 g/mol. The van der Waals surface area contributed by atoms with Crippen molar-refractivity contribution < 1.29 is 4.79 Å². The third-order valence-corrected chi connectivity index (χ3v) is 5.77. The van der Waals surface area contributed by atoms with Gasteiger partial charge < -0.3 is 15.6 Å². The molecule has 2 aromatic carbocycles. The van der Waals surface area contributed by atoms with E-state index < -0.39 is 5.54 Å². The number of hydrogen-bond acceptors (Lipinski definition) is 4. The number of carbonyl (C=O) groups excluding carboxylic acids is 1. The second-order valence-electron chi connectivity index (χ2n) is 9.21. The first-order valence-corrected chi connectivity index (χ1v) is 12.1. The minimum atomic E-state index is -0.450. The van der Waals surface area contributed by atoms with Crippen molar-refractivity contribution >= 4 is 41.5 Å². The second-order valence-corrected chi connectivity index (χ2v) is 10.0. The summed E-state index contributed by atoms with van der Waals surface area (Å²) in [5.74, 6) is 5.54. The maximum atomic E-state index is 13.5. The second kappa shape index (κ2) is 11.8. The Balaban J connectivity index is 0.00000380. The molecule has 0 bridgehead atoms. The van der Waals surface area contributed by atoms with Gasteiger partial charge in [-0.1, -0.05) is 47.2 Å². The molecular weight excluding hydrogens is 531 g/mol. The van der Waals surface area contributed by atoms with E-state index in [-0.39, 0.29) is 24.9 Å². The Kier molecular flexibility index (Phi) is 9.06. The van der Waals surface area contributed by atoms with Crippen molar-refractivity contribution in [3.8, 4) is 28.8 Å². The molecule has 0 unspecified atom stereocenters. The van der Waals surface area contributed by atoms with Crippen molar-refractivity contribution in [3.05, 3.63) is 88.1 Å². The zero-order chi connectivity index (χ0) is 25.9. The van der Waals surface area contributed by atoms with Gasteiger partial charge in [0.1, 0.15) is 0 Å². The molecule has 0 spiro atoms. The molecule has 0 aliphatic heterocycles. The Morgan fingerprint density at radius 1 is 1.14 bits per heavy atom. The van der Waals surface area contributed by atoms with E-state index in [2.05, 4.69) is 22.1 Å². The van der Waals surface area contributed by atoms with E-state index in [1.165, 1.54) is 0 Å². The van der Waals surface area contributed by atoms with Gasteiger partial charge in [0.25, 0.3) is 5.91 Å². The number of benzene rings is 2. The molecule has 0 atom stereocenters. The van der Waals surface area contributed by atoms with Crippen molar-refractivity contribution in [2.45, 2.75) is 32.9 Å². The molecule has 4 aromatic rings. The number of imidazole rings is 1. The van der Waals surface area contributed by atoms with Gasteiger partial charge in [-0.05, 0) is 51.1 Å². The van der Waals surface area contributed by atoms with Crippen LogP contribution in [0.15, 0.2) is 61.2 Å². The Bertz CT molecular complexity index is 1440. The molecule has 1 amide bonds. The summed E-state index contributed by atoms with van der Waals surface area (Å²) < 4.78 is 3.59. The van der Waals surface area contributed by atoms with Crippen molar-refractivity contribution in [1.29, 1.82) is 0 Å². The summed E-state index contributed by atoms with van der Waals surface area (Å²) in [6.45, 7) is 6.41. The van der Waals surface area contributed by atoms with E-state index in [4.69, 9.17) is 34.0 Å². The number of nitrogens with two attached hydrogens (primary N) is 1. The van der Waals surface area contributed by atoms with Crippen LogP contribution in [0, 0.1) is 11.8 Å². The van der Waals surface area contributed by atoms with Crippen molar-refractivity contribution in [3.63, 3.8) is 0 Å². The average Bonchev–Trinajstić information content (AvgIpc) is 3.46. The summed E-state index contributed by atoms with van der Waals surface area (Å²) in [6, 6.07) is 12.8. The van der Waals surface area contributed by atoms with E-state index in [9.17, 15) is 4.79 Å². The molecule has 0 aliphatic rings. The fraction of sp³-hybridized carbons (Fsp3) is 0.222. The van der Waals surface area contributed by atoms with Crippen molar-refractivity contribution in [1.82, 2.24) is 24.6 Å². The highest BCUT2D eigenvalue weighted by Crippen LogP contribution is 2.34. The van der Waals surface area contributed by atoms with Gasteiger partial charge in [-0.25, -0.2) is 9.67 Å². The lowest BCUT2D eigenvalue weighted by atomic mass is 10.0. The van der Waals surface area contributed by atoms with Crippen LogP contribution in [0.3, 0.4) is 0 Å². The molecule has 0 radical (unpaired) electrons. The standard InChI is InChI=1S/C27H26Cl2N6O.ClH/c1-27(2,3)32-26(36)24-21(16-34-14-13-31-17-34)25(19-7-9-20(28)10-8-19)35(33-24)23-11-6-18(5-4-12-30)15-22(23)29;/h6-11,13-15,17H,12,16,30H2,1-3H3,(H,32,36);1H. The number of amides is 1. The van der Waals surface area contributed by atoms with Gasteiger partial charge in [0.2, 0.25) is 0 Å². The van der Waals surface area contributed by atoms with Crippen LogP contribution < -0.4 is 11.1 Å². The normalized spacial score (nSPS) is 10.9. The van der Waals surface area contributed by atoms with E-state index in [0.29, 0.717) is 28.0 Å². The lowest BCUT2D eigenvalue weighted by molar-refractivity contribution is 0.0913. The number of carbonyl (C=O) groups is 1. The minimum Gasteiger partial charge on any atom is -0.346 e. The van der Waals surface area contributed by atoms with Gasteiger partial charge in [-0.3, -0.25) is 4.79 Å². The SMILES string of the molecule is CC(C)(C)NC(=O)c1nn(-c2ccc(C#CCN)cc2Cl)c(-c2ccc(Cl)cc2)c1Cn1ccnc1.Cl. The summed E-state index contributed by atoms with van der Waals surface area (Å²) >= 11 is 12.9. The molecule has 37 heavy (non-hydrogen) atoms. The zero-order valence-electron chi connectivity index (χ0n) is 20.6. The molecule has 0 saturated heterocycles. The van der Waals surface area contributed by atoms with Gasteiger partial charge in [-0.15, -0.1) is 12.4 Å². The van der Waals surface area contributed by atoms with Crippen LogP contribution in [0.5, 0.6) is 0 Å². The Hall–Kier alpha value is -3.28. The van der Waals surface area contributed by atoms with Crippen molar-refractivity contribution in [2.24, 2.45) is 5.73 Å². The Morgan fingerprint density at radius 3 is 2.46 bits per heavy atom. The van der Waals surface area contributed by atoms with Crippen LogP contribution in [-0.4, -0.2) is 37.3 Å². The molecular formula is C27H27Cl3N6O. The quantitative estimate of drug-likeness (QED) is 0.324. The molecule has 2 heterocycles. The molecule has 10 heteroatoms. The predicted molar refractivity (Wildman–Crippen MR) is 151 cm³/mol. The lowest BCUT2D eigenvalue weighted by Crippen LogP contribution is -2.41. The molecule has 7 nitrogen and oxygen atoms in total. The third-order valence-electron chi connectivity index (χ3n) is 5.22. The highest BCUT2D eigenvalue weighted by atomic mass is 35.5. The van der Waals surface area contributed by atoms with Crippen LogP contribution in [0.1, 0.15) is 42.4 Å². The Morgan fingerprint density at radius 2 is 1.86 bits per heavy atom. The van der Waals surface area contributed by atoms with Gasteiger partial charge in [0.05, 0.1) is 35.8 Å². The topological polar surface area (TPSA) is 90.8 Å². The highest BCUT2D eigenvalue weighted by molar-refractivity contribution is 6.32. The fourth-order valence-electron chi connectivity index (χ4n) is 3.73. The van der Waals surface area contributed by atoms with Gasteiger partial charge in [0, 0.05) is 39.6 Å². The summed E-state index contributed by atoms with van der Waals surface area (Å²) in [5, 5.41) is 8.87. The van der Waals surface area contributed by atoms with Gasteiger partial charge in [-0.2, -0.15) is 5.10 Å². The van der Waals surface area contributed by atoms with Gasteiger partial charge >= 0.3 is 0 Å². The van der Waals surface area contributed by atoms with E-state index >= 15 is 0 Å². The first-order valence-electron chi connectivity index (χ1n) is 11.3. The van der Waals surface area contributed by atoms with E-state index in [1.807, 2.05) is 55.8 Å². The lowest BCUT2D eigenvalue weighted by Gasteiger charge is -2.20. The van der Waals surface area contributed by atoms with Crippen LogP contribution in [0.2, 0.25) is 10.0 Å². The molecule has 2 aromatic heterocycles. The number of nitrogens with zero attached hydrogens (tertiary/aromatic N) is 4. The average molecular weight is 558 g/mol. The fourth-order valence-corrected chi connectivity index (χ4v) is 4.12. The Labute approximate surface area is 232 Å². The number of halogens is 3. The first kappa shape index (κ1) is 28.3. The molecule has 192 valence electrons. The molecule has 4 rings (SSSR count). The number of hydrogen-bond donors (Lipinski definition) is 2. The summed E-state index contributed by atoms with van der Waals surface area (Å²) in [6.07, 6.45) is 5.23. The largest absolute Gasteiger partial charge is 0.346 e. The number of nitrogens with one attached hydrogen (secondary N) is 1. The van der Waals surface area contributed by atoms with Crippen LogP contribution >= 0.6 is 35.6 Å². The third kappa shape index (κ3) is 6.73. The first-order chi connectivity index (χ1) is 17.2.